The van der Waals surface area contributed by atoms with Crippen molar-refractivity contribution < 1.29 is 13.9 Å². The van der Waals surface area contributed by atoms with E-state index in [-0.39, 0.29) is 5.82 Å². The zero-order chi connectivity index (χ0) is 21.3. The molecular formula is C23H22Cl2FNO2. The van der Waals surface area contributed by atoms with Gasteiger partial charge >= 0.3 is 5.97 Å². The Hall–Kier alpha value is -2.30. The molecular weight excluding hydrogens is 412 g/mol. The van der Waals surface area contributed by atoms with E-state index in [1.807, 2.05) is 23.8 Å². The first-order valence-electron chi connectivity index (χ1n) is 9.17. The van der Waals surface area contributed by atoms with Crippen LogP contribution in [0.3, 0.4) is 0 Å². The van der Waals surface area contributed by atoms with Gasteiger partial charge in [-0.05, 0) is 69.2 Å². The maximum Gasteiger partial charge on any atom is 0.331 e. The molecule has 152 valence electrons. The average molecular weight is 434 g/mol. The van der Waals surface area contributed by atoms with Crippen LogP contribution in [0, 0.1) is 12.7 Å². The van der Waals surface area contributed by atoms with Crippen LogP contribution in [-0.4, -0.2) is 16.1 Å². The van der Waals surface area contributed by atoms with Crippen LogP contribution in [0.15, 0.2) is 42.6 Å². The van der Waals surface area contributed by atoms with Gasteiger partial charge in [-0.25, -0.2) is 9.18 Å². The molecule has 0 bridgehead atoms. The fourth-order valence-corrected chi connectivity index (χ4v) is 3.66. The van der Waals surface area contributed by atoms with Crippen LogP contribution >= 0.6 is 23.2 Å². The zero-order valence-corrected chi connectivity index (χ0v) is 18.2. The Balaban J connectivity index is 2.05. The van der Waals surface area contributed by atoms with Gasteiger partial charge in [-0.1, -0.05) is 29.3 Å². The maximum atomic E-state index is 14.2. The third-order valence-electron chi connectivity index (χ3n) is 4.33. The molecule has 3 aromatic rings. The van der Waals surface area contributed by atoms with E-state index in [0.717, 1.165) is 22.0 Å². The Morgan fingerprint density at radius 1 is 1.21 bits per heavy atom. The lowest BCUT2D eigenvalue weighted by atomic mass is 10.1. The molecule has 29 heavy (non-hydrogen) atoms. The third kappa shape index (κ3) is 5.20. The number of benzene rings is 2. The molecule has 2 aromatic carbocycles. The van der Waals surface area contributed by atoms with Gasteiger partial charge < -0.3 is 9.30 Å². The second-order valence-corrected chi connectivity index (χ2v) is 8.78. The first-order valence-corrected chi connectivity index (χ1v) is 9.93. The highest BCUT2D eigenvalue weighted by atomic mass is 35.5. The van der Waals surface area contributed by atoms with Crippen molar-refractivity contribution in [3.63, 3.8) is 0 Å². The van der Waals surface area contributed by atoms with Crippen molar-refractivity contribution in [2.45, 2.75) is 39.8 Å². The molecule has 0 spiro atoms. The maximum absolute atomic E-state index is 14.2. The van der Waals surface area contributed by atoms with Gasteiger partial charge in [-0.15, -0.1) is 0 Å². The number of ether oxygens (including phenoxy) is 1. The topological polar surface area (TPSA) is 31.2 Å². The van der Waals surface area contributed by atoms with Gasteiger partial charge in [0.1, 0.15) is 11.4 Å². The SMILES string of the molecule is Cc1cn(Cc2ccc(Cl)cc2Cl)c2c(C=CC(=O)OC(C)(C)C)cc(F)cc12. The molecule has 6 heteroatoms. The van der Waals surface area contributed by atoms with Gasteiger partial charge in [0.25, 0.3) is 0 Å². The molecule has 0 radical (unpaired) electrons. The largest absolute Gasteiger partial charge is 0.457 e. The van der Waals surface area contributed by atoms with Crippen molar-refractivity contribution in [2.24, 2.45) is 0 Å². The molecule has 3 rings (SSSR count). The molecule has 3 nitrogen and oxygen atoms in total. The highest BCUT2D eigenvalue weighted by Crippen LogP contribution is 2.29. The summed E-state index contributed by atoms with van der Waals surface area (Å²) in [5, 5.41) is 1.90. The summed E-state index contributed by atoms with van der Waals surface area (Å²) in [6.45, 7) is 7.79. The van der Waals surface area contributed by atoms with E-state index in [1.54, 1.807) is 39.0 Å². The molecule has 0 N–H and O–H groups in total. The van der Waals surface area contributed by atoms with E-state index < -0.39 is 11.6 Å². The van der Waals surface area contributed by atoms with E-state index in [9.17, 15) is 9.18 Å². The number of halogens is 3. The highest BCUT2D eigenvalue weighted by Gasteiger charge is 2.16. The summed E-state index contributed by atoms with van der Waals surface area (Å²) in [6.07, 6.45) is 4.85. The summed E-state index contributed by atoms with van der Waals surface area (Å²) in [4.78, 5) is 12.1. The number of nitrogens with zero attached hydrogens (tertiary/aromatic N) is 1. The van der Waals surface area contributed by atoms with Crippen LogP contribution in [-0.2, 0) is 16.1 Å². The minimum absolute atomic E-state index is 0.369. The third-order valence-corrected chi connectivity index (χ3v) is 4.91. The van der Waals surface area contributed by atoms with Crippen LogP contribution in [0.4, 0.5) is 4.39 Å². The summed E-state index contributed by atoms with van der Waals surface area (Å²) >= 11 is 12.3. The number of carbonyl (C=O) groups is 1. The van der Waals surface area contributed by atoms with E-state index in [4.69, 9.17) is 27.9 Å². The van der Waals surface area contributed by atoms with E-state index in [0.29, 0.717) is 22.2 Å². The van der Waals surface area contributed by atoms with Crippen LogP contribution in [0.2, 0.25) is 10.0 Å². The van der Waals surface area contributed by atoms with Gasteiger partial charge in [0, 0.05) is 39.8 Å². The summed E-state index contributed by atoms with van der Waals surface area (Å²) < 4.78 is 21.5. The smallest absolute Gasteiger partial charge is 0.331 e. The van der Waals surface area contributed by atoms with Crippen LogP contribution < -0.4 is 0 Å². The monoisotopic (exact) mass is 433 g/mol. The van der Waals surface area contributed by atoms with Crippen LogP contribution in [0.5, 0.6) is 0 Å². The number of hydrogen-bond donors (Lipinski definition) is 0. The standard InChI is InChI=1S/C23H22Cl2FNO2/c1-14-12-27(13-16-5-7-17(24)10-20(16)25)22-15(9-18(26)11-19(14)22)6-8-21(28)29-23(2,3)4/h5-12H,13H2,1-4H3. The van der Waals surface area contributed by atoms with E-state index >= 15 is 0 Å². The van der Waals surface area contributed by atoms with E-state index in [2.05, 4.69) is 0 Å². The van der Waals surface area contributed by atoms with Gasteiger partial charge in [-0.2, -0.15) is 0 Å². The molecule has 0 atom stereocenters. The molecule has 0 saturated heterocycles. The molecule has 0 saturated carbocycles. The number of hydrogen-bond acceptors (Lipinski definition) is 2. The Morgan fingerprint density at radius 2 is 1.93 bits per heavy atom. The van der Waals surface area contributed by atoms with Crippen molar-refractivity contribution in [2.75, 3.05) is 0 Å². The predicted octanol–water partition coefficient (Wildman–Crippen LogP) is 6.80. The number of aromatic nitrogens is 1. The number of esters is 1. The minimum atomic E-state index is -0.596. The van der Waals surface area contributed by atoms with Gasteiger partial charge in [0.2, 0.25) is 0 Å². The molecule has 0 unspecified atom stereocenters. The molecule has 0 fully saturated rings. The molecule has 1 aromatic heterocycles. The van der Waals surface area contributed by atoms with Gasteiger partial charge in [0.05, 0.1) is 5.52 Å². The lowest BCUT2D eigenvalue weighted by Crippen LogP contribution is -2.22. The van der Waals surface area contributed by atoms with Crippen molar-refractivity contribution in [3.05, 3.63) is 75.2 Å². The first kappa shape index (κ1) is 21.4. The second kappa shape index (κ2) is 8.21. The van der Waals surface area contributed by atoms with Gasteiger partial charge in [0.15, 0.2) is 0 Å². The van der Waals surface area contributed by atoms with Gasteiger partial charge in [-0.3, -0.25) is 0 Å². The lowest BCUT2D eigenvalue weighted by molar-refractivity contribution is -0.148. The quantitative estimate of drug-likeness (QED) is 0.334. The normalized spacial score (nSPS) is 12.1. The fourth-order valence-electron chi connectivity index (χ4n) is 3.19. The number of fused-ring (bicyclic) bond motifs is 1. The first-order chi connectivity index (χ1) is 13.5. The van der Waals surface area contributed by atoms with Crippen molar-refractivity contribution in [3.8, 4) is 0 Å². The molecule has 1 heterocycles. The zero-order valence-electron chi connectivity index (χ0n) is 16.7. The highest BCUT2D eigenvalue weighted by molar-refractivity contribution is 6.35. The van der Waals surface area contributed by atoms with Crippen molar-refractivity contribution in [1.82, 2.24) is 4.57 Å². The van der Waals surface area contributed by atoms with E-state index in [1.165, 1.54) is 18.2 Å². The fraction of sp³-hybridized carbons (Fsp3) is 0.261. The number of rotatable bonds is 4. The second-order valence-electron chi connectivity index (χ2n) is 7.93. The lowest BCUT2D eigenvalue weighted by Gasteiger charge is -2.18. The summed E-state index contributed by atoms with van der Waals surface area (Å²) in [5.41, 5.74) is 2.62. The Morgan fingerprint density at radius 3 is 2.59 bits per heavy atom. The Labute approximate surface area is 179 Å². The Kier molecular flexibility index (Phi) is 6.06. The Bertz CT molecular complexity index is 1110. The summed E-state index contributed by atoms with van der Waals surface area (Å²) in [5.74, 6) is -0.850. The molecule has 0 aliphatic rings. The molecule has 0 amide bonds. The minimum Gasteiger partial charge on any atom is -0.457 e. The van der Waals surface area contributed by atoms with Crippen molar-refractivity contribution in [1.29, 1.82) is 0 Å². The van der Waals surface area contributed by atoms with Crippen LogP contribution in [0.25, 0.3) is 17.0 Å². The molecule has 0 aliphatic carbocycles. The number of aryl methyl sites for hydroxylation is 1. The number of carbonyl (C=O) groups excluding carboxylic acids is 1. The predicted molar refractivity (Wildman–Crippen MR) is 117 cm³/mol. The molecule has 0 aliphatic heterocycles. The average Bonchev–Trinajstić information content (AvgIpc) is 2.89. The van der Waals surface area contributed by atoms with Crippen molar-refractivity contribution >= 4 is 46.2 Å². The summed E-state index contributed by atoms with van der Waals surface area (Å²) in [7, 11) is 0. The summed E-state index contributed by atoms with van der Waals surface area (Å²) in [6, 6.07) is 8.24. The van der Waals surface area contributed by atoms with Crippen LogP contribution in [0.1, 0.15) is 37.5 Å².